The van der Waals surface area contributed by atoms with Crippen molar-refractivity contribution in [2.75, 3.05) is 11.9 Å². The van der Waals surface area contributed by atoms with Gasteiger partial charge in [-0.1, -0.05) is 0 Å². The average molecular weight is 474 g/mol. The lowest BCUT2D eigenvalue weighted by Crippen LogP contribution is -2.42. The van der Waals surface area contributed by atoms with Crippen molar-refractivity contribution in [2.45, 2.75) is 37.8 Å². The Morgan fingerprint density at radius 3 is 2.97 bits per heavy atom. The van der Waals surface area contributed by atoms with Crippen LogP contribution < -0.4 is 10.6 Å². The van der Waals surface area contributed by atoms with Crippen LogP contribution in [0.15, 0.2) is 52.7 Å². The fraction of sp³-hybridized carbons (Fsp3) is 0.333. The molecule has 2 aliphatic rings. The molecule has 35 heavy (non-hydrogen) atoms. The third-order valence-electron chi connectivity index (χ3n) is 6.59. The summed E-state index contributed by atoms with van der Waals surface area (Å²) in [6.07, 6.45) is 10.2. The highest BCUT2D eigenvalue weighted by Crippen LogP contribution is 2.31. The molecule has 0 spiro atoms. The van der Waals surface area contributed by atoms with E-state index in [-0.39, 0.29) is 18.0 Å². The van der Waals surface area contributed by atoms with E-state index in [4.69, 9.17) is 9.97 Å². The molecule has 5 heterocycles. The SMILES string of the molecule is Cn1ccc2c(NC3CCCC(NC(=O)C4=CCN=N4)C3)nc(-c3c[nH]c4ncc(F)cc34)nc21. The van der Waals surface area contributed by atoms with Crippen LogP contribution in [0.4, 0.5) is 10.2 Å². The third kappa shape index (κ3) is 4.02. The summed E-state index contributed by atoms with van der Waals surface area (Å²) in [6.45, 7) is 0.458. The molecule has 1 fully saturated rings. The molecule has 4 aromatic rings. The van der Waals surface area contributed by atoms with Crippen molar-refractivity contribution < 1.29 is 9.18 Å². The zero-order valence-corrected chi connectivity index (χ0v) is 19.1. The number of pyridine rings is 1. The van der Waals surface area contributed by atoms with E-state index in [9.17, 15) is 9.18 Å². The summed E-state index contributed by atoms with van der Waals surface area (Å²) in [5, 5.41) is 16.0. The number of hydrogen-bond donors (Lipinski definition) is 3. The maximum Gasteiger partial charge on any atom is 0.271 e. The molecular formula is C24H24FN9O. The van der Waals surface area contributed by atoms with Gasteiger partial charge in [-0.05, 0) is 43.9 Å². The third-order valence-corrected chi connectivity index (χ3v) is 6.59. The van der Waals surface area contributed by atoms with Crippen LogP contribution in [0.5, 0.6) is 0 Å². The number of carbonyl (C=O) groups is 1. The minimum Gasteiger partial charge on any atom is -0.367 e. The van der Waals surface area contributed by atoms with Crippen LogP contribution in [0.3, 0.4) is 0 Å². The molecule has 1 saturated carbocycles. The predicted octanol–water partition coefficient (Wildman–Crippen LogP) is 3.84. The number of nitrogens with one attached hydrogen (secondary N) is 3. The van der Waals surface area contributed by atoms with E-state index >= 15 is 0 Å². The van der Waals surface area contributed by atoms with Crippen molar-refractivity contribution in [1.29, 1.82) is 0 Å². The van der Waals surface area contributed by atoms with Gasteiger partial charge in [0.2, 0.25) is 0 Å². The molecule has 4 aromatic heterocycles. The van der Waals surface area contributed by atoms with E-state index in [1.807, 2.05) is 23.9 Å². The van der Waals surface area contributed by atoms with Crippen molar-refractivity contribution in [3.8, 4) is 11.4 Å². The van der Waals surface area contributed by atoms with Gasteiger partial charge < -0.3 is 20.2 Å². The number of aryl methyl sites for hydroxylation is 1. The number of carbonyl (C=O) groups excluding carboxylic acids is 1. The molecule has 0 bridgehead atoms. The van der Waals surface area contributed by atoms with Crippen LogP contribution in [-0.4, -0.2) is 49.0 Å². The number of aromatic nitrogens is 5. The lowest BCUT2D eigenvalue weighted by molar-refractivity contribution is -0.118. The van der Waals surface area contributed by atoms with Gasteiger partial charge in [-0.2, -0.15) is 10.2 Å². The Labute approximate surface area is 199 Å². The second-order valence-electron chi connectivity index (χ2n) is 9.00. The molecule has 1 amide bonds. The molecule has 178 valence electrons. The standard InChI is InChI=1S/C24H24FN9O/c1-34-8-6-16-21(29-14-3-2-4-15(10-14)30-24(35)19-5-7-28-33-19)31-22(32-23(16)34)18-12-27-20-17(18)9-13(25)11-26-20/h5-6,8-9,11-12,14-15H,2-4,7,10H2,1H3,(H,26,27)(H,30,35)(H,29,31,32). The van der Waals surface area contributed by atoms with E-state index in [0.717, 1.165) is 36.7 Å². The number of aromatic amines is 1. The van der Waals surface area contributed by atoms with E-state index in [0.29, 0.717) is 40.5 Å². The minimum atomic E-state index is -0.415. The first-order valence-corrected chi connectivity index (χ1v) is 11.7. The first-order chi connectivity index (χ1) is 17.0. The normalized spacial score (nSPS) is 19.9. The molecule has 1 aliphatic carbocycles. The Kier molecular flexibility index (Phi) is 5.24. The number of rotatable bonds is 5. The van der Waals surface area contributed by atoms with E-state index < -0.39 is 5.82 Å². The summed E-state index contributed by atoms with van der Waals surface area (Å²) in [4.78, 5) is 29.3. The smallest absolute Gasteiger partial charge is 0.271 e. The molecule has 1 aliphatic heterocycles. The van der Waals surface area contributed by atoms with Gasteiger partial charge in [0.15, 0.2) is 5.82 Å². The second kappa shape index (κ2) is 8.57. The zero-order chi connectivity index (χ0) is 23.9. The molecule has 2 atom stereocenters. The van der Waals surface area contributed by atoms with Crippen molar-refractivity contribution in [2.24, 2.45) is 17.3 Å². The molecule has 3 N–H and O–H groups in total. The monoisotopic (exact) mass is 473 g/mol. The van der Waals surface area contributed by atoms with E-state index in [2.05, 4.69) is 30.8 Å². The van der Waals surface area contributed by atoms with E-state index in [1.165, 1.54) is 12.3 Å². The Morgan fingerprint density at radius 2 is 2.11 bits per heavy atom. The summed E-state index contributed by atoms with van der Waals surface area (Å²) < 4.78 is 15.9. The first kappa shape index (κ1) is 21.4. The topological polar surface area (TPSA) is 125 Å². The molecule has 2 unspecified atom stereocenters. The van der Waals surface area contributed by atoms with Crippen molar-refractivity contribution in [3.05, 3.63) is 48.3 Å². The number of anilines is 1. The number of amides is 1. The fourth-order valence-corrected chi connectivity index (χ4v) is 4.86. The second-order valence-corrected chi connectivity index (χ2v) is 9.00. The minimum absolute atomic E-state index is 0.0423. The summed E-state index contributed by atoms with van der Waals surface area (Å²) in [7, 11) is 1.93. The predicted molar refractivity (Wildman–Crippen MR) is 129 cm³/mol. The lowest BCUT2D eigenvalue weighted by atomic mass is 9.90. The van der Waals surface area contributed by atoms with Gasteiger partial charge >= 0.3 is 0 Å². The number of azo groups is 1. The number of nitrogens with zero attached hydrogens (tertiary/aromatic N) is 6. The summed E-state index contributed by atoms with van der Waals surface area (Å²) in [5.74, 6) is 0.613. The molecule has 11 heteroatoms. The van der Waals surface area contributed by atoms with Crippen molar-refractivity contribution in [3.63, 3.8) is 0 Å². The summed E-state index contributed by atoms with van der Waals surface area (Å²) in [5.41, 5.74) is 2.42. The van der Waals surface area contributed by atoms with Crippen LogP contribution in [0.25, 0.3) is 33.5 Å². The average Bonchev–Trinajstić information content (AvgIpc) is 3.60. The number of H-pyrrole nitrogens is 1. The molecule has 0 aromatic carbocycles. The number of hydrogen-bond acceptors (Lipinski definition) is 7. The highest BCUT2D eigenvalue weighted by atomic mass is 19.1. The molecule has 6 rings (SSSR count). The van der Waals surface area contributed by atoms with Gasteiger partial charge in [0, 0.05) is 42.5 Å². The Balaban J connectivity index is 1.29. The highest BCUT2D eigenvalue weighted by Gasteiger charge is 2.26. The van der Waals surface area contributed by atoms with Crippen molar-refractivity contribution in [1.82, 2.24) is 29.8 Å². The van der Waals surface area contributed by atoms with E-state index in [1.54, 1.807) is 12.3 Å². The Bertz CT molecular complexity index is 1500. The fourth-order valence-electron chi connectivity index (χ4n) is 4.86. The van der Waals surface area contributed by atoms with Crippen LogP contribution in [-0.2, 0) is 11.8 Å². The Morgan fingerprint density at radius 1 is 1.23 bits per heavy atom. The summed E-state index contributed by atoms with van der Waals surface area (Å²) in [6, 6.07) is 3.59. The van der Waals surface area contributed by atoms with Crippen LogP contribution in [0, 0.1) is 5.82 Å². The van der Waals surface area contributed by atoms with Gasteiger partial charge in [-0.3, -0.25) is 4.79 Å². The molecule has 10 nitrogen and oxygen atoms in total. The highest BCUT2D eigenvalue weighted by molar-refractivity contribution is 5.95. The van der Waals surface area contributed by atoms with Gasteiger partial charge in [0.1, 0.15) is 28.6 Å². The summed E-state index contributed by atoms with van der Waals surface area (Å²) >= 11 is 0. The Hall–Kier alpha value is -4.15. The number of halogens is 1. The maximum absolute atomic E-state index is 13.9. The van der Waals surface area contributed by atoms with Gasteiger partial charge in [0.05, 0.1) is 18.1 Å². The zero-order valence-electron chi connectivity index (χ0n) is 19.1. The first-order valence-electron chi connectivity index (χ1n) is 11.7. The molecule has 0 saturated heterocycles. The largest absolute Gasteiger partial charge is 0.367 e. The maximum atomic E-state index is 13.9. The quantitative estimate of drug-likeness (QED) is 0.406. The molecule has 0 radical (unpaired) electrons. The van der Waals surface area contributed by atoms with Crippen LogP contribution in [0.1, 0.15) is 25.7 Å². The van der Waals surface area contributed by atoms with Gasteiger partial charge in [0.25, 0.3) is 5.91 Å². The number of fused-ring (bicyclic) bond motifs is 2. The van der Waals surface area contributed by atoms with Crippen LogP contribution >= 0.6 is 0 Å². The van der Waals surface area contributed by atoms with Gasteiger partial charge in [-0.15, -0.1) is 0 Å². The lowest BCUT2D eigenvalue weighted by Gasteiger charge is -2.30. The van der Waals surface area contributed by atoms with Gasteiger partial charge in [-0.25, -0.2) is 19.3 Å². The van der Waals surface area contributed by atoms with Crippen LogP contribution in [0.2, 0.25) is 0 Å². The van der Waals surface area contributed by atoms with Crippen molar-refractivity contribution >= 4 is 33.8 Å². The molecular weight excluding hydrogens is 449 g/mol.